The maximum atomic E-state index is 12.8. The van der Waals surface area contributed by atoms with Gasteiger partial charge in [0.05, 0.1) is 16.9 Å². The fourth-order valence-electron chi connectivity index (χ4n) is 2.67. The fourth-order valence-corrected chi connectivity index (χ4v) is 2.96. The molecule has 25 heavy (non-hydrogen) atoms. The van der Waals surface area contributed by atoms with Crippen LogP contribution in [0.25, 0.3) is 0 Å². The van der Waals surface area contributed by atoms with Crippen LogP contribution >= 0.6 is 11.6 Å². The Morgan fingerprint density at radius 1 is 1.08 bits per heavy atom. The summed E-state index contributed by atoms with van der Waals surface area (Å²) in [6.07, 6.45) is -1.12. The van der Waals surface area contributed by atoms with E-state index < -0.39 is 11.9 Å². The molecular formula is C15H16ClF3N6. The Morgan fingerprint density at radius 2 is 1.80 bits per heavy atom. The van der Waals surface area contributed by atoms with E-state index in [1.165, 1.54) is 6.20 Å². The standard InChI is InChI=1S/C15H16ClF3N6/c16-11-8-10(20)9-22-13(11)24-4-1-5-25(7-6-24)14-21-3-2-12(23-14)15(17,18)19/h2-3,8-9H,1,4-7,20H2. The highest BCUT2D eigenvalue weighted by molar-refractivity contribution is 6.33. The van der Waals surface area contributed by atoms with Gasteiger partial charge >= 0.3 is 6.18 Å². The molecule has 1 aliphatic heterocycles. The number of nitrogens with two attached hydrogens (primary N) is 1. The van der Waals surface area contributed by atoms with E-state index in [0.717, 1.165) is 12.3 Å². The molecule has 0 radical (unpaired) electrons. The topological polar surface area (TPSA) is 71.2 Å². The number of pyridine rings is 1. The Bertz CT molecular complexity index is 754. The summed E-state index contributed by atoms with van der Waals surface area (Å²) in [6.45, 7) is 2.22. The summed E-state index contributed by atoms with van der Waals surface area (Å²) in [4.78, 5) is 15.6. The first-order valence-corrected chi connectivity index (χ1v) is 8.03. The van der Waals surface area contributed by atoms with Gasteiger partial charge in [0, 0.05) is 32.4 Å². The molecule has 1 aliphatic rings. The van der Waals surface area contributed by atoms with Crippen LogP contribution in [0.5, 0.6) is 0 Å². The summed E-state index contributed by atoms with van der Waals surface area (Å²) < 4.78 is 38.5. The molecule has 0 amide bonds. The maximum Gasteiger partial charge on any atom is 0.433 e. The molecule has 0 aliphatic carbocycles. The molecule has 0 bridgehead atoms. The number of alkyl halides is 3. The van der Waals surface area contributed by atoms with E-state index >= 15 is 0 Å². The third-order valence-electron chi connectivity index (χ3n) is 3.85. The summed E-state index contributed by atoms with van der Waals surface area (Å²) >= 11 is 6.19. The van der Waals surface area contributed by atoms with Crippen LogP contribution in [0.4, 0.5) is 30.6 Å². The summed E-state index contributed by atoms with van der Waals surface area (Å²) in [5.41, 5.74) is 5.18. The van der Waals surface area contributed by atoms with Crippen molar-refractivity contribution in [3.8, 4) is 0 Å². The lowest BCUT2D eigenvalue weighted by atomic mass is 10.3. The van der Waals surface area contributed by atoms with Crippen molar-refractivity contribution >= 4 is 29.1 Å². The number of aromatic nitrogens is 3. The van der Waals surface area contributed by atoms with Crippen LogP contribution in [0.1, 0.15) is 12.1 Å². The fraction of sp³-hybridized carbons (Fsp3) is 0.400. The van der Waals surface area contributed by atoms with Gasteiger partial charge in [0.25, 0.3) is 0 Å². The molecule has 0 aromatic carbocycles. The third kappa shape index (κ3) is 4.04. The number of nitrogen functional groups attached to an aromatic ring is 1. The van der Waals surface area contributed by atoms with E-state index in [2.05, 4.69) is 15.0 Å². The van der Waals surface area contributed by atoms with Gasteiger partial charge in [-0.1, -0.05) is 11.6 Å². The van der Waals surface area contributed by atoms with Crippen molar-refractivity contribution in [2.24, 2.45) is 0 Å². The molecule has 1 saturated heterocycles. The maximum absolute atomic E-state index is 12.8. The van der Waals surface area contributed by atoms with Crippen molar-refractivity contribution in [3.05, 3.63) is 35.2 Å². The molecule has 6 nitrogen and oxygen atoms in total. The van der Waals surface area contributed by atoms with Crippen LogP contribution in [-0.4, -0.2) is 41.1 Å². The SMILES string of the molecule is Nc1cnc(N2CCCN(c3nccc(C(F)(F)F)n3)CC2)c(Cl)c1. The molecule has 2 aromatic heterocycles. The lowest BCUT2D eigenvalue weighted by molar-refractivity contribution is -0.141. The number of anilines is 3. The number of nitrogens with zero attached hydrogens (tertiary/aromatic N) is 5. The molecule has 2 N–H and O–H groups in total. The van der Waals surface area contributed by atoms with Crippen molar-refractivity contribution in [2.45, 2.75) is 12.6 Å². The zero-order chi connectivity index (χ0) is 18.0. The number of rotatable bonds is 2. The van der Waals surface area contributed by atoms with Gasteiger partial charge in [-0.25, -0.2) is 15.0 Å². The van der Waals surface area contributed by atoms with E-state index in [4.69, 9.17) is 17.3 Å². The van der Waals surface area contributed by atoms with Crippen molar-refractivity contribution in [1.29, 1.82) is 0 Å². The van der Waals surface area contributed by atoms with Crippen molar-refractivity contribution in [3.63, 3.8) is 0 Å². The van der Waals surface area contributed by atoms with Crippen LogP contribution in [0, 0.1) is 0 Å². The molecule has 0 saturated carbocycles. The van der Waals surface area contributed by atoms with Crippen molar-refractivity contribution in [2.75, 3.05) is 41.7 Å². The predicted molar refractivity (Wildman–Crippen MR) is 89.7 cm³/mol. The zero-order valence-corrected chi connectivity index (χ0v) is 13.9. The summed E-state index contributed by atoms with van der Waals surface area (Å²) in [5, 5.41) is 0.448. The average molecular weight is 373 g/mol. The molecule has 0 spiro atoms. The minimum atomic E-state index is -4.49. The lowest BCUT2D eigenvalue weighted by Crippen LogP contribution is -2.32. The van der Waals surface area contributed by atoms with Crippen LogP contribution in [0.3, 0.4) is 0 Å². The first kappa shape index (κ1) is 17.5. The van der Waals surface area contributed by atoms with Gasteiger partial charge in [-0.05, 0) is 18.6 Å². The highest BCUT2D eigenvalue weighted by atomic mass is 35.5. The molecule has 3 heterocycles. The second kappa shape index (κ2) is 6.91. The lowest BCUT2D eigenvalue weighted by Gasteiger charge is -2.23. The zero-order valence-electron chi connectivity index (χ0n) is 13.2. The normalized spacial score (nSPS) is 16.0. The molecule has 3 rings (SSSR count). The van der Waals surface area contributed by atoms with E-state index in [1.54, 1.807) is 11.0 Å². The van der Waals surface area contributed by atoms with Gasteiger partial charge < -0.3 is 15.5 Å². The van der Waals surface area contributed by atoms with Crippen LogP contribution < -0.4 is 15.5 Å². The predicted octanol–water partition coefficient (Wildman–Crippen LogP) is 2.84. The van der Waals surface area contributed by atoms with Gasteiger partial charge in [0.2, 0.25) is 5.95 Å². The minimum Gasteiger partial charge on any atom is -0.397 e. The molecule has 0 unspecified atom stereocenters. The van der Waals surface area contributed by atoms with Crippen molar-refractivity contribution < 1.29 is 13.2 Å². The molecular weight excluding hydrogens is 357 g/mol. The molecule has 2 aromatic rings. The van der Waals surface area contributed by atoms with Gasteiger partial charge in [-0.2, -0.15) is 13.2 Å². The largest absolute Gasteiger partial charge is 0.433 e. The first-order valence-electron chi connectivity index (χ1n) is 7.66. The Labute approximate surface area is 147 Å². The van der Waals surface area contributed by atoms with Crippen LogP contribution in [0.15, 0.2) is 24.5 Å². The third-order valence-corrected chi connectivity index (χ3v) is 4.13. The molecule has 0 atom stereocenters. The highest BCUT2D eigenvalue weighted by Crippen LogP contribution is 2.29. The number of hydrogen-bond acceptors (Lipinski definition) is 6. The smallest absolute Gasteiger partial charge is 0.397 e. The minimum absolute atomic E-state index is 0.0769. The highest BCUT2D eigenvalue weighted by Gasteiger charge is 2.33. The first-order chi connectivity index (χ1) is 11.8. The van der Waals surface area contributed by atoms with Crippen LogP contribution in [-0.2, 0) is 6.18 Å². The van der Waals surface area contributed by atoms with E-state index in [9.17, 15) is 13.2 Å². The second-order valence-corrected chi connectivity index (χ2v) is 6.05. The summed E-state index contributed by atoms with van der Waals surface area (Å²) in [6, 6.07) is 2.49. The average Bonchev–Trinajstić information content (AvgIpc) is 2.80. The van der Waals surface area contributed by atoms with Gasteiger partial charge in [0.15, 0.2) is 0 Å². The van der Waals surface area contributed by atoms with Gasteiger partial charge in [-0.15, -0.1) is 0 Å². The summed E-state index contributed by atoms with van der Waals surface area (Å²) in [7, 11) is 0. The Morgan fingerprint density at radius 3 is 2.52 bits per heavy atom. The second-order valence-electron chi connectivity index (χ2n) is 5.64. The molecule has 134 valence electrons. The van der Waals surface area contributed by atoms with Gasteiger partial charge in [0.1, 0.15) is 11.5 Å². The monoisotopic (exact) mass is 372 g/mol. The number of hydrogen-bond donors (Lipinski definition) is 1. The quantitative estimate of drug-likeness (QED) is 0.874. The van der Waals surface area contributed by atoms with Crippen LogP contribution in [0.2, 0.25) is 5.02 Å². The van der Waals surface area contributed by atoms with E-state index in [-0.39, 0.29) is 5.95 Å². The van der Waals surface area contributed by atoms with E-state index in [1.807, 2.05) is 4.90 Å². The Kier molecular flexibility index (Phi) is 4.85. The van der Waals surface area contributed by atoms with E-state index in [0.29, 0.717) is 49.1 Å². The summed E-state index contributed by atoms with van der Waals surface area (Å²) in [5.74, 6) is 0.690. The molecule has 10 heteroatoms. The Hall–Kier alpha value is -2.29. The molecule has 1 fully saturated rings. The Balaban J connectivity index is 1.76. The number of halogens is 4. The van der Waals surface area contributed by atoms with Crippen molar-refractivity contribution in [1.82, 2.24) is 15.0 Å². The van der Waals surface area contributed by atoms with Gasteiger partial charge in [-0.3, -0.25) is 0 Å².